The van der Waals surface area contributed by atoms with Gasteiger partial charge in [0.1, 0.15) is 0 Å². The molecule has 0 atom stereocenters. The van der Waals surface area contributed by atoms with Crippen molar-refractivity contribution in [2.24, 2.45) is 4.99 Å². The van der Waals surface area contributed by atoms with Crippen molar-refractivity contribution in [2.45, 2.75) is 13.8 Å². The number of rotatable bonds is 3. The standard InChI is InChI=1S/C5H11NO.ClH/c1-3-6-5-7-4-2;/h5H,3-4H2,1-2H3;1H/b6-5-;. The summed E-state index contributed by atoms with van der Waals surface area (Å²) >= 11 is 0. The first-order chi connectivity index (χ1) is 3.41. The second-order valence-electron chi connectivity index (χ2n) is 1.06. The third kappa shape index (κ3) is 9.23. The molecule has 0 saturated heterocycles. The molecule has 2 nitrogen and oxygen atoms in total. The van der Waals surface area contributed by atoms with Gasteiger partial charge in [0.15, 0.2) is 6.40 Å². The fourth-order valence-corrected chi connectivity index (χ4v) is 0.202. The monoisotopic (exact) mass is 137 g/mol. The zero-order chi connectivity index (χ0) is 5.54. The van der Waals surface area contributed by atoms with Crippen molar-refractivity contribution >= 4 is 18.8 Å². The lowest BCUT2D eigenvalue weighted by molar-refractivity contribution is 0.342. The molecule has 0 aromatic rings. The summed E-state index contributed by atoms with van der Waals surface area (Å²) in [5.41, 5.74) is 0. The normalized spacial score (nSPS) is 8.75. The lowest BCUT2D eigenvalue weighted by Gasteiger charge is -1.87. The fourth-order valence-electron chi connectivity index (χ4n) is 0.202. The summed E-state index contributed by atoms with van der Waals surface area (Å²) in [7, 11) is 0. The van der Waals surface area contributed by atoms with Gasteiger partial charge < -0.3 is 4.74 Å². The van der Waals surface area contributed by atoms with Crippen LogP contribution >= 0.6 is 12.4 Å². The van der Waals surface area contributed by atoms with Crippen molar-refractivity contribution in [3.05, 3.63) is 0 Å². The number of hydrogen-bond donors (Lipinski definition) is 0. The summed E-state index contributed by atoms with van der Waals surface area (Å²) in [6.45, 7) is 5.42. The molecule has 0 bridgehead atoms. The third-order valence-corrected chi connectivity index (χ3v) is 0.498. The molecule has 50 valence electrons. The highest BCUT2D eigenvalue weighted by Crippen LogP contribution is 1.66. The van der Waals surface area contributed by atoms with Crippen LogP contribution in [0.2, 0.25) is 0 Å². The van der Waals surface area contributed by atoms with Crippen molar-refractivity contribution in [1.82, 2.24) is 0 Å². The van der Waals surface area contributed by atoms with Crippen LogP contribution in [0.15, 0.2) is 4.99 Å². The van der Waals surface area contributed by atoms with Gasteiger partial charge in [0.2, 0.25) is 0 Å². The van der Waals surface area contributed by atoms with Crippen molar-refractivity contribution in [3.63, 3.8) is 0 Å². The number of halogens is 1. The molecule has 3 heteroatoms. The molecule has 0 aromatic heterocycles. The second kappa shape index (κ2) is 9.90. The van der Waals surface area contributed by atoms with E-state index in [9.17, 15) is 0 Å². The molecule has 8 heavy (non-hydrogen) atoms. The maximum atomic E-state index is 4.78. The number of ether oxygens (including phenoxy) is 1. The smallest absolute Gasteiger partial charge is 0.169 e. The molecule has 0 aliphatic rings. The molecule has 0 saturated carbocycles. The van der Waals surface area contributed by atoms with Crippen LogP contribution in [0.25, 0.3) is 0 Å². The average molecular weight is 138 g/mol. The first-order valence-corrected chi connectivity index (χ1v) is 2.51. The Bertz CT molecular complexity index is 56.4. The zero-order valence-corrected chi connectivity index (χ0v) is 6.07. The largest absolute Gasteiger partial charge is 0.484 e. The van der Waals surface area contributed by atoms with Gasteiger partial charge in [0.25, 0.3) is 0 Å². The topological polar surface area (TPSA) is 21.6 Å². The summed E-state index contributed by atoms with van der Waals surface area (Å²) in [5.74, 6) is 0. The summed E-state index contributed by atoms with van der Waals surface area (Å²) < 4.78 is 4.78. The van der Waals surface area contributed by atoms with E-state index in [-0.39, 0.29) is 12.4 Å². The fraction of sp³-hybridized carbons (Fsp3) is 0.800. The van der Waals surface area contributed by atoms with Crippen LogP contribution in [0.1, 0.15) is 13.8 Å². The quantitative estimate of drug-likeness (QED) is 0.427. The molecule has 0 amide bonds. The SMILES string of the molecule is CC/N=C\OCC.Cl. The van der Waals surface area contributed by atoms with Crippen molar-refractivity contribution in [3.8, 4) is 0 Å². The van der Waals surface area contributed by atoms with Gasteiger partial charge >= 0.3 is 0 Å². The van der Waals surface area contributed by atoms with Crippen molar-refractivity contribution < 1.29 is 4.74 Å². The second-order valence-corrected chi connectivity index (χ2v) is 1.06. The molecular formula is C5H12ClNO. The van der Waals surface area contributed by atoms with E-state index in [2.05, 4.69) is 4.99 Å². The summed E-state index contributed by atoms with van der Waals surface area (Å²) in [5, 5.41) is 0. The Morgan fingerprint density at radius 1 is 1.50 bits per heavy atom. The molecule has 0 unspecified atom stereocenters. The molecule has 0 spiro atoms. The average Bonchev–Trinajstić information content (AvgIpc) is 1.69. The van der Waals surface area contributed by atoms with E-state index in [1.807, 2.05) is 13.8 Å². The van der Waals surface area contributed by atoms with Crippen LogP contribution in [0.5, 0.6) is 0 Å². The van der Waals surface area contributed by atoms with Gasteiger partial charge in [-0.15, -0.1) is 12.4 Å². The lowest BCUT2D eigenvalue weighted by atomic mass is 10.8. The van der Waals surface area contributed by atoms with E-state index in [0.29, 0.717) is 6.61 Å². The van der Waals surface area contributed by atoms with Gasteiger partial charge in [-0.25, -0.2) is 0 Å². The third-order valence-electron chi connectivity index (χ3n) is 0.498. The highest BCUT2D eigenvalue weighted by atomic mass is 35.5. The van der Waals surface area contributed by atoms with E-state index in [0.717, 1.165) is 6.54 Å². The first-order valence-electron chi connectivity index (χ1n) is 2.51. The molecule has 0 heterocycles. The van der Waals surface area contributed by atoms with Crippen LogP contribution in [0, 0.1) is 0 Å². The van der Waals surface area contributed by atoms with E-state index >= 15 is 0 Å². The Balaban J connectivity index is 0. The maximum absolute atomic E-state index is 4.78. The minimum absolute atomic E-state index is 0. The van der Waals surface area contributed by atoms with Gasteiger partial charge in [-0.05, 0) is 13.8 Å². The number of aliphatic imine (C=N–C) groups is 1. The Morgan fingerprint density at radius 3 is 2.50 bits per heavy atom. The van der Waals surface area contributed by atoms with E-state index in [1.54, 1.807) is 0 Å². The summed E-state index contributed by atoms with van der Waals surface area (Å²) in [6, 6.07) is 0. The Hall–Kier alpha value is -0.240. The van der Waals surface area contributed by atoms with Gasteiger partial charge in [-0.1, -0.05) is 0 Å². The molecule has 0 rings (SSSR count). The van der Waals surface area contributed by atoms with Gasteiger partial charge in [-0.3, -0.25) is 4.99 Å². The van der Waals surface area contributed by atoms with Crippen molar-refractivity contribution in [2.75, 3.05) is 13.2 Å². The highest BCUT2D eigenvalue weighted by molar-refractivity contribution is 5.85. The van der Waals surface area contributed by atoms with E-state index < -0.39 is 0 Å². The predicted octanol–water partition coefficient (Wildman–Crippen LogP) is 1.49. The molecule has 0 N–H and O–H groups in total. The van der Waals surface area contributed by atoms with E-state index in [1.165, 1.54) is 6.40 Å². The first kappa shape index (κ1) is 10.7. The minimum Gasteiger partial charge on any atom is -0.484 e. The van der Waals surface area contributed by atoms with Crippen LogP contribution in [0.4, 0.5) is 0 Å². The lowest BCUT2D eigenvalue weighted by Crippen LogP contribution is -1.84. The molecular weight excluding hydrogens is 126 g/mol. The van der Waals surface area contributed by atoms with Gasteiger partial charge in [0.05, 0.1) is 6.61 Å². The van der Waals surface area contributed by atoms with Crippen LogP contribution < -0.4 is 0 Å². The van der Waals surface area contributed by atoms with E-state index in [4.69, 9.17) is 4.74 Å². The van der Waals surface area contributed by atoms with Crippen LogP contribution in [-0.4, -0.2) is 19.6 Å². The molecule has 0 aromatic carbocycles. The Kier molecular flexibility index (Phi) is 13.2. The van der Waals surface area contributed by atoms with Crippen molar-refractivity contribution in [1.29, 1.82) is 0 Å². The van der Waals surface area contributed by atoms with Gasteiger partial charge in [0, 0.05) is 6.54 Å². The summed E-state index contributed by atoms with van der Waals surface area (Å²) in [4.78, 5) is 3.81. The Morgan fingerprint density at radius 2 is 2.12 bits per heavy atom. The highest BCUT2D eigenvalue weighted by Gasteiger charge is 1.65. The number of nitrogens with zero attached hydrogens (tertiary/aromatic N) is 1. The maximum Gasteiger partial charge on any atom is 0.169 e. The molecule has 0 aliphatic heterocycles. The predicted molar refractivity (Wildman–Crippen MR) is 37.9 cm³/mol. The Labute approximate surface area is 56.4 Å². The summed E-state index contributed by atoms with van der Waals surface area (Å²) in [6.07, 6.45) is 1.49. The molecule has 0 aliphatic carbocycles. The minimum atomic E-state index is 0. The van der Waals surface area contributed by atoms with Crippen LogP contribution in [0.3, 0.4) is 0 Å². The number of hydrogen-bond acceptors (Lipinski definition) is 2. The molecule has 0 fully saturated rings. The van der Waals surface area contributed by atoms with Crippen LogP contribution in [-0.2, 0) is 4.74 Å². The zero-order valence-electron chi connectivity index (χ0n) is 5.26. The van der Waals surface area contributed by atoms with Gasteiger partial charge in [-0.2, -0.15) is 0 Å². The molecule has 0 radical (unpaired) electrons.